The molecule has 24 heavy (non-hydrogen) atoms. The highest BCUT2D eigenvalue weighted by Crippen LogP contribution is 2.30. The first kappa shape index (κ1) is 15.1. The molecule has 4 rings (SSSR count). The van der Waals surface area contributed by atoms with Crippen molar-refractivity contribution in [3.8, 4) is 11.3 Å². The number of H-pyrrole nitrogens is 2. The van der Waals surface area contributed by atoms with Crippen LogP contribution in [0.15, 0.2) is 6.20 Å². The third kappa shape index (κ3) is 2.43. The summed E-state index contributed by atoms with van der Waals surface area (Å²) in [6.07, 6.45) is 3.73. The molecule has 8 nitrogen and oxygen atoms in total. The number of anilines is 1. The van der Waals surface area contributed by atoms with Crippen LogP contribution >= 0.6 is 0 Å². The van der Waals surface area contributed by atoms with Crippen LogP contribution in [0.25, 0.3) is 22.4 Å². The zero-order valence-corrected chi connectivity index (χ0v) is 14.2. The molecule has 0 spiro atoms. The Morgan fingerprint density at radius 3 is 2.58 bits per heavy atom. The van der Waals surface area contributed by atoms with Crippen LogP contribution in [0.5, 0.6) is 0 Å². The summed E-state index contributed by atoms with van der Waals surface area (Å²) in [5.74, 6) is 0.858. The topological polar surface area (TPSA) is 112 Å². The number of fused-ring (bicyclic) bond motifs is 1. The maximum atomic E-state index is 6.21. The predicted octanol–water partition coefficient (Wildman–Crippen LogP) is 1.68. The van der Waals surface area contributed by atoms with Crippen molar-refractivity contribution in [1.29, 1.82) is 0 Å². The molecule has 8 heteroatoms. The maximum Gasteiger partial charge on any atom is 0.202 e. The van der Waals surface area contributed by atoms with Gasteiger partial charge in [0.25, 0.3) is 0 Å². The van der Waals surface area contributed by atoms with E-state index in [1.54, 1.807) is 0 Å². The molecule has 126 valence electrons. The van der Waals surface area contributed by atoms with Gasteiger partial charge in [-0.25, -0.2) is 9.97 Å². The summed E-state index contributed by atoms with van der Waals surface area (Å²) in [7, 11) is 0. The first-order valence-corrected chi connectivity index (χ1v) is 8.21. The van der Waals surface area contributed by atoms with Crippen molar-refractivity contribution in [2.24, 2.45) is 5.73 Å². The fraction of sp³-hybridized carbons (Fsp3) is 0.500. The number of aromatic amines is 2. The van der Waals surface area contributed by atoms with Crippen LogP contribution in [0, 0.1) is 13.8 Å². The Bertz CT molecular complexity index is 861. The molecule has 4 N–H and O–H groups in total. The van der Waals surface area contributed by atoms with Crippen molar-refractivity contribution in [3.63, 3.8) is 0 Å². The lowest BCUT2D eigenvalue weighted by Gasteiger charge is -2.37. The molecule has 0 amide bonds. The van der Waals surface area contributed by atoms with E-state index in [0.29, 0.717) is 5.65 Å². The summed E-state index contributed by atoms with van der Waals surface area (Å²) in [5, 5.41) is 14.7. The van der Waals surface area contributed by atoms with E-state index in [1.165, 1.54) is 0 Å². The van der Waals surface area contributed by atoms with Gasteiger partial charge in [0.15, 0.2) is 0 Å². The smallest absolute Gasteiger partial charge is 0.202 e. The van der Waals surface area contributed by atoms with Gasteiger partial charge >= 0.3 is 0 Å². The van der Waals surface area contributed by atoms with Gasteiger partial charge in [0.2, 0.25) is 5.65 Å². The summed E-state index contributed by atoms with van der Waals surface area (Å²) in [6.45, 7) is 7.84. The van der Waals surface area contributed by atoms with E-state index in [2.05, 4.69) is 42.2 Å². The highest BCUT2D eigenvalue weighted by molar-refractivity contribution is 5.89. The second-order valence-corrected chi connectivity index (χ2v) is 6.95. The van der Waals surface area contributed by atoms with Gasteiger partial charge in [-0.1, -0.05) is 0 Å². The van der Waals surface area contributed by atoms with Gasteiger partial charge in [-0.2, -0.15) is 10.2 Å². The van der Waals surface area contributed by atoms with E-state index >= 15 is 0 Å². The van der Waals surface area contributed by atoms with Crippen molar-refractivity contribution in [2.45, 2.75) is 39.2 Å². The Kier molecular flexibility index (Phi) is 3.31. The zero-order chi connectivity index (χ0) is 16.9. The van der Waals surface area contributed by atoms with Gasteiger partial charge in [0, 0.05) is 29.9 Å². The van der Waals surface area contributed by atoms with Crippen LogP contribution in [-0.4, -0.2) is 49.0 Å². The first-order chi connectivity index (χ1) is 11.4. The number of aromatic nitrogens is 6. The van der Waals surface area contributed by atoms with Crippen molar-refractivity contribution in [2.75, 3.05) is 18.0 Å². The minimum absolute atomic E-state index is 0.0795. The average molecular weight is 326 g/mol. The second kappa shape index (κ2) is 5.27. The number of nitrogens with zero attached hydrogens (tertiary/aromatic N) is 5. The van der Waals surface area contributed by atoms with Gasteiger partial charge in [0.1, 0.15) is 11.3 Å². The van der Waals surface area contributed by atoms with Crippen molar-refractivity contribution < 1.29 is 0 Å². The fourth-order valence-corrected chi connectivity index (χ4v) is 3.28. The lowest BCUT2D eigenvalue weighted by Crippen LogP contribution is -2.48. The van der Waals surface area contributed by atoms with E-state index in [0.717, 1.165) is 59.9 Å². The molecule has 0 aliphatic carbocycles. The van der Waals surface area contributed by atoms with E-state index in [-0.39, 0.29) is 5.54 Å². The molecule has 0 aromatic carbocycles. The monoisotopic (exact) mass is 326 g/mol. The maximum absolute atomic E-state index is 6.21. The van der Waals surface area contributed by atoms with Gasteiger partial charge < -0.3 is 10.6 Å². The Hall–Kier alpha value is -2.48. The molecule has 0 bridgehead atoms. The minimum atomic E-state index is -0.0795. The summed E-state index contributed by atoms with van der Waals surface area (Å²) < 4.78 is 0. The summed E-state index contributed by atoms with van der Waals surface area (Å²) >= 11 is 0. The van der Waals surface area contributed by atoms with Crippen LogP contribution < -0.4 is 10.6 Å². The standard InChI is InChI=1S/C16H22N8/c1-9-12(10(2)21-20-9)13-14-15(23-22-13)19-11(8-18-14)24-6-4-16(3,17)5-7-24/h8H,4-7,17H2,1-3H3,(H,20,21)(H,19,22,23). The molecule has 0 saturated carbocycles. The molecule has 3 aromatic heterocycles. The molecule has 1 saturated heterocycles. The lowest BCUT2D eigenvalue weighted by atomic mass is 9.91. The quantitative estimate of drug-likeness (QED) is 0.660. The van der Waals surface area contributed by atoms with Crippen LogP contribution in [-0.2, 0) is 0 Å². The third-order valence-corrected chi connectivity index (χ3v) is 4.86. The molecule has 3 aromatic rings. The molecule has 4 heterocycles. The summed E-state index contributed by atoms with van der Waals surface area (Å²) in [6, 6.07) is 0. The SMILES string of the molecule is Cc1n[nH]c(C)c1-c1[nH]nc2nc(N3CCC(C)(N)CC3)cnc12. The third-order valence-electron chi connectivity index (χ3n) is 4.86. The number of hydrogen-bond acceptors (Lipinski definition) is 6. The molecule has 0 unspecified atom stereocenters. The molecule has 1 aliphatic rings. The second-order valence-electron chi connectivity index (χ2n) is 6.95. The molecular weight excluding hydrogens is 304 g/mol. The van der Waals surface area contributed by atoms with E-state index < -0.39 is 0 Å². The number of rotatable bonds is 2. The summed E-state index contributed by atoms with van der Waals surface area (Å²) in [5.41, 5.74) is 11.3. The minimum Gasteiger partial charge on any atom is -0.355 e. The highest BCUT2D eigenvalue weighted by atomic mass is 15.2. The number of aryl methyl sites for hydroxylation is 2. The van der Waals surface area contributed by atoms with Gasteiger partial charge in [-0.3, -0.25) is 10.2 Å². The summed E-state index contributed by atoms with van der Waals surface area (Å²) in [4.78, 5) is 11.5. The van der Waals surface area contributed by atoms with E-state index in [1.807, 2.05) is 20.0 Å². The van der Waals surface area contributed by atoms with Crippen molar-refractivity contribution in [1.82, 2.24) is 30.4 Å². The predicted molar refractivity (Wildman–Crippen MR) is 92.8 cm³/mol. The number of hydrogen-bond donors (Lipinski definition) is 3. The van der Waals surface area contributed by atoms with E-state index in [9.17, 15) is 0 Å². The first-order valence-electron chi connectivity index (χ1n) is 8.21. The van der Waals surface area contributed by atoms with Gasteiger partial charge in [-0.15, -0.1) is 0 Å². The zero-order valence-electron chi connectivity index (χ0n) is 14.2. The highest BCUT2D eigenvalue weighted by Gasteiger charge is 2.27. The molecular formula is C16H22N8. The molecule has 1 fully saturated rings. The van der Waals surface area contributed by atoms with Gasteiger partial charge in [-0.05, 0) is 33.6 Å². The van der Waals surface area contributed by atoms with Crippen LogP contribution in [0.1, 0.15) is 31.2 Å². The number of nitrogens with two attached hydrogens (primary N) is 1. The number of piperidine rings is 1. The Morgan fingerprint density at radius 2 is 1.92 bits per heavy atom. The Labute approximate surface area is 139 Å². The van der Waals surface area contributed by atoms with E-state index in [4.69, 9.17) is 5.73 Å². The normalized spacial score (nSPS) is 17.6. The molecule has 0 atom stereocenters. The lowest BCUT2D eigenvalue weighted by molar-refractivity contribution is 0.363. The number of nitrogens with one attached hydrogen (secondary N) is 2. The van der Waals surface area contributed by atoms with Crippen LogP contribution in [0.4, 0.5) is 5.82 Å². The van der Waals surface area contributed by atoms with Crippen LogP contribution in [0.3, 0.4) is 0 Å². The molecule has 1 aliphatic heterocycles. The average Bonchev–Trinajstić information content (AvgIpc) is 3.10. The largest absolute Gasteiger partial charge is 0.355 e. The van der Waals surface area contributed by atoms with Crippen LogP contribution in [0.2, 0.25) is 0 Å². The fourth-order valence-electron chi connectivity index (χ4n) is 3.28. The molecule has 0 radical (unpaired) electrons. The Balaban J connectivity index is 1.69. The Morgan fingerprint density at radius 1 is 1.17 bits per heavy atom. The van der Waals surface area contributed by atoms with Crippen molar-refractivity contribution in [3.05, 3.63) is 17.6 Å². The van der Waals surface area contributed by atoms with Gasteiger partial charge in [0.05, 0.1) is 17.6 Å². The van der Waals surface area contributed by atoms with Crippen molar-refractivity contribution >= 4 is 17.0 Å².